The quantitative estimate of drug-likeness (QED) is 0.763. The summed E-state index contributed by atoms with van der Waals surface area (Å²) in [7, 11) is 1.37. The first-order valence-electron chi connectivity index (χ1n) is 6.48. The molecule has 4 nitrogen and oxygen atoms in total. The van der Waals surface area contributed by atoms with Crippen molar-refractivity contribution in [3.8, 4) is 0 Å². The number of fused-ring (bicyclic) bond motifs is 1. The molecular weight excluding hydrogens is 242 g/mol. The van der Waals surface area contributed by atoms with Crippen LogP contribution in [0.2, 0.25) is 0 Å². The molecule has 1 aliphatic carbocycles. The Hall–Kier alpha value is -1.84. The molecule has 3 rings (SSSR count). The Balaban J connectivity index is 2.14. The van der Waals surface area contributed by atoms with Gasteiger partial charge in [0, 0.05) is 5.69 Å². The fourth-order valence-corrected chi connectivity index (χ4v) is 2.95. The van der Waals surface area contributed by atoms with Gasteiger partial charge in [0.2, 0.25) is 5.91 Å². The number of anilines is 1. The number of nitrogens with zero attached hydrogens (tertiary/aromatic N) is 1. The predicted octanol–water partition coefficient (Wildman–Crippen LogP) is 2.02. The van der Waals surface area contributed by atoms with Crippen molar-refractivity contribution < 1.29 is 14.3 Å². The summed E-state index contributed by atoms with van der Waals surface area (Å²) < 4.78 is 4.89. The Kier molecular flexibility index (Phi) is 2.31. The topological polar surface area (TPSA) is 46.6 Å². The number of ether oxygens (including phenoxy) is 1. The van der Waals surface area contributed by atoms with Crippen LogP contribution in [-0.4, -0.2) is 24.5 Å². The van der Waals surface area contributed by atoms with Crippen LogP contribution in [0.1, 0.15) is 32.3 Å². The lowest BCUT2D eigenvalue weighted by atomic mass is 9.86. The number of esters is 1. The zero-order chi connectivity index (χ0) is 13.8. The van der Waals surface area contributed by atoms with Gasteiger partial charge in [0.15, 0.2) is 0 Å². The normalized spacial score (nSPS) is 22.1. The second-order valence-corrected chi connectivity index (χ2v) is 5.81. The van der Waals surface area contributed by atoms with Gasteiger partial charge in [-0.1, -0.05) is 18.2 Å². The number of methoxy groups -OCH3 is 1. The molecule has 0 unspecified atom stereocenters. The molecule has 0 spiro atoms. The highest BCUT2D eigenvalue weighted by Gasteiger charge is 2.63. The van der Waals surface area contributed by atoms with Crippen molar-refractivity contribution in [3.05, 3.63) is 29.8 Å². The molecule has 1 fully saturated rings. The van der Waals surface area contributed by atoms with Crippen LogP contribution in [0.25, 0.3) is 0 Å². The zero-order valence-corrected chi connectivity index (χ0v) is 11.4. The van der Waals surface area contributed by atoms with E-state index >= 15 is 0 Å². The molecule has 100 valence electrons. The molecule has 1 saturated carbocycles. The Bertz CT molecular complexity index is 573. The third-order valence-electron chi connectivity index (χ3n) is 4.27. The van der Waals surface area contributed by atoms with E-state index in [0.717, 1.165) is 11.3 Å². The van der Waals surface area contributed by atoms with Gasteiger partial charge in [0.1, 0.15) is 5.54 Å². The summed E-state index contributed by atoms with van der Waals surface area (Å²) in [5.74, 6) is -0.329. The van der Waals surface area contributed by atoms with E-state index in [2.05, 4.69) is 0 Å². The maximum atomic E-state index is 12.7. The number of hydrogen-bond donors (Lipinski definition) is 0. The summed E-state index contributed by atoms with van der Waals surface area (Å²) in [5.41, 5.74) is 0.478. The third kappa shape index (κ3) is 1.40. The lowest BCUT2D eigenvalue weighted by Crippen LogP contribution is -2.49. The molecule has 19 heavy (non-hydrogen) atoms. The summed E-state index contributed by atoms with van der Waals surface area (Å²) in [6.45, 7) is 3.81. The Morgan fingerprint density at radius 1 is 1.26 bits per heavy atom. The van der Waals surface area contributed by atoms with Crippen molar-refractivity contribution in [2.45, 2.75) is 37.6 Å². The first-order valence-corrected chi connectivity index (χ1v) is 6.48. The van der Waals surface area contributed by atoms with Gasteiger partial charge < -0.3 is 4.74 Å². The summed E-state index contributed by atoms with van der Waals surface area (Å²) in [6.07, 6.45) is 1.35. The second-order valence-electron chi connectivity index (χ2n) is 5.81. The Labute approximate surface area is 112 Å². The number of benzene rings is 1. The van der Waals surface area contributed by atoms with Gasteiger partial charge in [-0.25, -0.2) is 4.79 Å². The smallest absolute Gasteiger partial charge is 0.332 e. The molecule has 1 aliphatic heterocycles. The van der Waals surface area contributed by atoms with Crippen molar-refractivity contribution >= 4 is 17.6 Å². The second kappa shape index (κ2) is 3.59. The summed E-state index contributed by atoms with van der Waals surface area (Å²) in [4.78, 5) is 26.4. The van der Waals surface area contributed by atoms with E-state index in [1.54, 1.807) is 4.90 Å². The molecule has 0 radical (unpaired) electrons. The number of para-hydroxylation sites is 1. The Morgan fingerprint density at radius 2 is 1.89 bits per heavy atom. The highest BCUT2D eigenvalue weighted by molar-refractivity contribution is 6.13. The van der Waals surface area contributed by atoms with Crippen molar-refractivity contribution in [3.63, 3.8) is 0 Å². The van der Waals surface area contributed by atoms with Crippen LogP contribution < -0.4 is 4.90 Å². The fraction of sp³-hybridized carbons (Fsp3) is 0.467. The minimum absolute atomic E-state index is 0.0170. The van der Waals surface area contributed by atoms with Crippen LogP contribution in [0.4, 0.5) is 5.69 Å². The standard InChI is InChI=1S/C15H17NO3/c1-14(2)10-6-4-5-7-11(10)16(12(14)17)15(8-9-15)13(18)19-3/h4-7H,8-9H2,1-3H3. The van der Waals surface area contributed by atoms with Crippen LogP contribution in [0.5, 0.6) is 0 Å². The van der Waals surface area contributed by atoms with Gasteiger partial charge >= 0.3 is 5.97 Å². The maximum absolute atomic E-state index is 12.7. The molecule has 1 amide bonds. The Morgan fingerprint density at radius 3 is 2.47 bits per heavy atom. The highest BCUT2D eigenvalue weighted by atomic mass is 16.5. The van der Waals surface area contributed by atoms with E-state index in [1.807, 2.05) is 38.1 Å². The number of hydrogen-bond acceptors (Lipinski definition) is 3. The van der Waals surface area contributed by atoms with E-state index in [1.165, 1.54) is 7.11 Å². The van der Waals surface area contributed by atoms with Crippen LogP contribution in [0, 0.1) is 0 Å². The highest BCUT2D eigenvalue weighted by Crippen LogP contribution is 2.52. The zero-order valence-electron chi connectivity index (χ0n) is 11.4. The summed E-state index contributed by atoms with van der Waals surface area (Å²) in [6, 6.07) is 7.69. The summed E-state index contributed by atoms with van der Waals surface area (Å²) >= 11 is 0. The monoisotopic (exact) mass is 259 g/mol. The first-order chi connectivity index (χ1) is 8.95. The molecule has 0 atom stereocenters. The number of amides is 1. The van der Waals surface area contributed by atoms with Crippen LogP contribution in [0.15, 0.2) is 24.3 Å². The number of rotatable bonds is 2. The predicted molar refractivity (Wildman–Crippen MR) is 70.9 cm³/mol. The van der Waals surface area contributed by atoms with E-state index in [0.29, 0.717) is 12.8 Å². The van der Waals surface area contributed by atoms with Crippen molar-refractivity contribution in [1.29, 1.82) is 0 Å². The molecule has 1 aromatic carbocycles. The van der Waals surface area contributed by atoms with Gasteiger partial charge in [0.25, 0.3) is 0 Å². The SMILES string of the molecule is COC(=O)C1(N2C(=O)C(C)(C)c3ccccc32)CC1. The molecular formula is C15H17NO3. The van der Waals surface area contributed by atoms with Gasteiger partial charge in [-0.2, -0.15) is 0 Å². The van der Waals surface area contributed by atoms with Crippen molar-refractivity contribution in [2.24, 2.45) is 0 Å². The van der Waals surface area contributed by atoms with Crippen molar-refractivity contribution in [2.75, 3.05) is 12.0 Å². The molecule has 0 bridgehead atoms. The number of carbonyl (C=O) groups excluding carboxylic acids is 2. The largest absolute Gasteiger partial charge is 0.467 e. The van der Waals surface area contributed by atoms with Crippen LogP contribution in [0.3, 0.4) is 0 Å². The summed E-state index contributed by atoms with van der Waals surface area (Å²) in [5, 5.41) is 0. The minimum atomic E-state index is -0.768. The van der Waals surface area contributed by atoms with Gasteiger partial charge in [-0.3, -0.25) is 9.69 Å². The average Bonchev–Trinajstić information content (AvgIpc) is 3.16. The van der Waals surface area contributed by atoms with Crippen molar-refractivity contribution in [1.82, 2.24) is 0 Å². The molecule has 4 heteroatoms. The lowest BCUT2D eigenvalue weighted by Gasteiger charge is -2.27. The molecule has 2 aliphatic rings. The van der Waals surface area contributed by atoms with Gasteiger partial charge in [-0.15, -0.1) is 0 Å². The van der Waals surface area contributed by atoms with Crippen LogP contribution in [-0.2, 0) is 19.7 Å². The molecule has 0 aromatic heterocycles. The van der Waals surface area contributed by atoms with E-state index in [9.17, 15) is 9.59 Å². The maximum Gasteiger partial charge on any atom is 0.332 e. The third-order valence-corrected chi connectivity index (χ3v) is 4.27. The van der Waals surface area contributed by atoms with E-state index < -0.39 is 11.0 Å². The van der Waals surface area contributed by atoms with Gasteiger partial charge in [0.05, 0.1) is 12.5 Å². The van der Waals surface area contributed by atoms with E-state index in [4.69, 9.17) is 4.74 Å². The van der Waals surface area contributed by atoms with Gasteiger partial charge in [-0.05, 0) is 38.3 Å². The van der Waals surface area contributed by atoms with E-state index in [-0.39, 0.29) is 11.9 Å². The minimum Gasteiger partial charge on any atom is -0.467 e. The number of carbonyl (C=O) groups is 2. The molecule has 0 saturated heterocycles. The van der Waals surface area contributed by atoms with Crippen LogP contribution >= 0.6 is 0 Å². The fourth-order valence-electron chi connectivity index (χ4n) is 2.95. The first kappa shape index (κ1) is 12.2. The molecule has 0 N–H and O–H groups in total. The molecule has 1 aromatic rings. The average molecular weight is 259 g/mol. The molecule has 1 heterocycles. The lowest BCUT2D eigenvalue weighted by molar-refractivity contribution is -0.145.